The molecule has 0 aliphatic heterocycles. The van der Waals surface area contributed by atoms with E-state index in [9.17, 15) is 9.59 Å². The molecular formula is C10H10N2O4. The lowest BCUT2D eigenvalue weighted by molar-refractivity contribution is -0.133. The van der Waals surface area contributed by atoms with Crippen LogP contribution in [0.3, 0.4) is 0 Å². The normalized spacial score (nSPS) is 8.94. The molecule has 0 aromatic carbocycles. The van der Waals surface area contributed by atoms with Gasteiger partial charge in [0, 0.05) is 19.2 Å². The Labute approximate surface area is 92.2 Å². The molecule has 0 saturated carbocycles. The van der Waals surface area contributed by atoms with Gasteiger partial charge in [0.2, 0.25) is 5.82 Å². The van der Waals surface area contributed by atoms with Crippen LogP contribution in [0.5, 0.6) is 0 Å². The summed E-state index contributed by atoms with van der Waals surface area (Å²) >= 11 is 0. The molecule has 0 bridgehead atoms. The first-order chi connectivity index (χ1) is 7.58. The zero-order chi connectivity index (χ0) is 12.1. The van der Waals surface area contributed by atoms with Crippen LogP contribution >= 0.6 is 0 Å². The first-order valence-corrected chi connectivity index (χ1v) is 4.30. The van der Waals surface area contributed by atoms with Crippen molar-refractivity contribution in [3.05, 3.63) is 17.7 Å². The molecule has 1 aromatic rings. The monoisotopic (exact) mass is 222 g/mol. The fourth-order valence-electron chi connectivity index (χ4n) is 0.974. The van der Waals surface area contributed by atoms with Crippen molar-refractivity contribution >= 4 is 11.9 Å². The highest BCUT2D eigenvalue weighted by Crippen LogP contribution is 2.01. The van der Waals surface area contributed by atoms with Crippen LogP contribution < -0.4 is 0 Å². The van der Waals surface area contributed by atoms with Gasteiger partial charge in [0.1, 0.15) is 5.69 Å². The fourth-order valence-corrected chi connectivity index (χ4v) is 0.974. The molecule has 0 spiro atoms. The van der Waals surface area contributed by atoms with E-state index in [0.717, 1.165) is 0 Å². The molecule has 0 radical (unpaired) electrons. The molecule has 1 rings (SSSR count). The van der Waals surface area contributed by atoms with E-state index in [0.29, 0.717) is 5.69 Å². The van der Waals surface area contributed by atoms with E-state index in [4.69, 9.17) is 0 Å². The van der Waals surface area contributed by atoms with Crippen molar-refractivity contribution in [2.24, 2.45) is 7.05 Å². The molecule has 0 unspecified atom stereocenters. The number of hydrogen-bond acceptors (Lipinski definition) is 5. The summed E-state index contributed by atoms with van der Waals surface area (Å²) in [6, 6.07) is 0. The average Bonchev–Trinajstić information content (AvgIpc) is 2.66. The lowest BCUT2D eigenvalue weighted by atomic mass is 10.4. The number of hydrogen-bond donors (Lipinski definition) is 0. The molecule has 16 heavy (non-hydrogen) atoms. The molecule has 0 fully saturated rings. The molecule has 6 nitrogen and oxygen atoms in total. The van der Waals surface area contributed by atoms with Crippen molar-refractivity contribution in [2.75, 3.05) is 14.2 Å². The number of aromatic nitrogens is 2. The molecule has 0 N–H and O–H groups in total. The van der Waals surface area contributed by atoms with E-state index in [1.165, 1.54) is 25.0 Å². The van der Waals surface area contributed by atoms with Crippen LogP contribution in [-0.2, 0) is 21.3 Å². The van der Waals surface area contributed by atoms with Crippen LogP contribution in [0.15, 0.2) is 6.20 Å². The number of imidazole rings is 1. The summed E-state index contributed by atoms with van der Waals surface area (Å²) in [5, 5.41) is 0. The van der Waals surface area contributed by atoms with Crippen molar-refractivity contribution < 1.29 is 19.1 Å². The summed E-state index contributed by atoms with van der Waals surface area (Å²) in [5.74, 6) is 3.58. The minimum absolute atomic E-state index is 0.122. The summed E-state index contributed by atoms with van der Waals surface area (Å²) in [7, 11) is 4.12. The molecule has 0 aliphatic rings. The van der Waals surface area contributed by atoms with Gasteiger partial charge in [0.25, 0.3) is 0 Å². The van der Waals surface area contributed by atoms with Gasteiger partial charge >= 0.3 is 11.9 Å². The number of methoxy groups -OCH3 is 2. The van der Waals surface area contributed by atoms with Crippen molar-refractivity contribution in [3.8, 4) is 11.8 Å². The van der Waals surface area contributed by atoms with Gasteiger partial charge in [-0.1, -0.05) is 0 Å². The van der Waals surface area contributed by atoms with Gasteiger partial charge in [-0.05, 0) is 5.92 Å². The maximum Gasteiger partial charge on any atom is 0.384 e. The van der Waals surface area contributed by atoms with E-state index in [-0.39, 0.29) is 5.82 Å². The van der Waals surface area contributed by atoms with Crippen LogP contribution in [0.25, 0.3) is 0 Å². The Hall–Kier alpha value is -2.29. The molecule has 0 aliphatic carbocycles. The molecular weight excluding hydrogens is 212 g/mol. The van der Waals surface area contributed by atoms with Crippen LogP contribution in [0.4, 0.5) is 0 Å². The predicted molar refractivity (Wildman–Crippen MR) is 53.4 cm³/mol. The van der Waals surface area contributed by atoms with Gasteiger partial charge in [-0.2, -0.15) is 0 Å². The average molecular weight is 222 g/mol. The van der Waals surface area contributed by atoms with Crippen LogP contribution in [0, 0.1) is 11.8 Å². The smallest absolute Gasteiger partial charge is 0.384 e. The molecule has 0 saturated heterocycles. The third kappa shape index (κ3) is 2.60. The zero-order valence-electron chi connectivity index (χ0n) is 9.10. The Morgan fingerprint density at radius 1 is 1.38 bits per heavy atom. The van der Waals surface area contributed by atoms with E-state index in [1.54, 1.807) is 7.05 Å². The Balaban J connectivity index is 2.96. The van der Waals surface area contributed by atoms with E-state index in [1.807, 2.05) is 0 Å². The molecule has 0 atom stereocenters. The summed E-state index contributed by atoms with van der Waals surface area (Å²) in [5.41, 5.74) is 0.299. The first-order valence-electron chi connectivity index (χ1n) is 4.30. The van der Waals surface area contributed by atoms with Crippen molar-refractivity contribution in [1.82, 2.24) is 9.55 Å². The lowest BCUT2D eigenvalue weighted by Crippen LogP contribution is -2.08. The van der Waals surface area contributed by atoms with Crippen LogP contribution in [0.1, 0.15) is 16.3 Å². The number of aryl methyl sites for hydroxylation is 1. The minimum Gasteiger partial charge on any atom is -0.463 e. The van der Waals surface area contributed by atoms with Gasteiger partial charge in [0.05, 0.1) is 14.2 Å². The maximum atomic E-state index is 11.2. The standard InChI is InChI=1S/C10H10N2O4/c1-12-6-7(4-5-8(13)15-2)11-9(12)10(14)16-3/h6H,1-3H3. The van der Waals surface area contributed by atoms with Gasteiger partial charge in [-0.25, -0.2) is 14.6 Å². The molecule has 0 amide bonds. The van der Waals surface area contributed by atoms with Gasteiger partial charge in [-0.15, -0.1) is 0 Å². The summed E-state index contributed by atoms with van der Waals surface area (Å²) in [4.78, 5) is 25.8. The van der Waals surface area contributed by atoms with E-state index in [2.05, 4.69) is 26.3 Å². The number of esters is 2. The number of carbonyl (C=O) groups excluding carboxylic acids is 2. The second-order valence-electron chi connectivity index (χ2n) is 2.79. The predicted octanol–water partition coefficient (Wildman–Crippen LogP) is -0.269. The highest BCUT2D eigenvalue weighted by Gasteiger charge is 2.12. The number of rotatable bonds is 1. The maximum absolute atomic E-state index is 11.2. The third-order valence-electron chi connectivity index (χ3n) is 1.72. The van der Waals surface area contributed by atoms with E-state index >= 15 is 0 Å². The number of nitrogens with zero attached hydrogens (tertiary/aromatic N) is 2. The fraction of sp³-hybridized carbons (Fsp3) is 0.300. The highest BCUT2D eigenvalue weighted by molar-refractivity contribution is 5.89. The van der Waals surface area contributed by atoms with Crippen molar-refractivity contribution in [2.45, 2.75) is 0 Å². The molecule has 84 valence electrons. The molecule has 6 heteroatoms. The first kappa shape index (κ1) is 11.8. The van der Waals surface area contributed by atoms with Crippen LogP contribution in [-0.4, -0.2) is 35.7 Å². The Morgan fingerprint density at radius 3 is 2.62 bits per heavy atom. The molecule has 1 heterocycles. The largest absolute Gasteiger partial charge is 0.463 e. The van der Waals surface area contributed by atoms with Gasteiger partial charge in [0.15, 0.2) is 0 Å². The number of ether oxygens (including phenoxy) is 2. The second kappa shape index (κ2) is 4.98. The summed E-state index contributed by atoms with van der Waals surface area (Å²) in [6.07, 6.45) is 1.52. The Bertz CT molecular complexity index is 479. The second-order valence-corrected chi connectivity index (χ2v) is 2.79. The topological polar surface area (TPSA) is 70.4 Å². The van der Waals surface area contributed by atoms with Crippen LogP contribution in [0.2, 0.25) is 0 Å². The Kier molecular flexibility index (Phi) is 3.67. The quantitative estimate of drug-likeness (QED) is 0.483. The lowest BCUT2D eigenvalue weighted by Gasteiger charge is -1.96. The summed E-state index contributed by atoms with van der Waals surface area (Å²) in [6.45, 7) is 0. The summed E-state index contributed by atoms with van der Waals surface area (Å²) < 4.78 is 10.3. The highest BCUT2D eigenvalue weighted by atomic mass is 16.5. The van der Waals surface area contributed by atoms with Crippen molar-refractivity contribution in [3.63, 3.8) is 0 Å². The minimum atomic E-state index is -0.662. The third-order valence-corrected chi connectivity index (χ3v) is 1.72. The van der Waals surface area contributed by atoms with Gasteiger partial charge in [-0.3, -0.25) is 0 Å². The molecule has 1 aromatic heterocycles. The Morgan fingerprint density at radius 2 is 2.06 bits per heavy atom. The zero-order valence-corrected chi connectivity index (χ0v) is 9.10. The van der Waals surface area contributed by atoms with E-state index < -0.39 is 11.9 Å². The van der Waals surface area contributed by atoms with Crippen molar-refractivity contribution in [1.29, 1.82) is 0 Å². The SMILES string of the molecule is COC(=O)C#Cc1cn(C)c(C(=O)OC)n1. The van der Waals surface area contributed by atoms with Gasteiger partial charge < -0.3 is 14.0 Å². The number of carbonyl (C=O) groups is 2.